The third-order valence-corrected chi connectivity index (χ3v) is 3.39. The van der Waals surface area contributed by atoms with Crippen LogP contribution in [0.2, 0.25) is 0 Å². The molecule has 0 aromatic rings. The number of amides is 1. The summed E-state index contributed by atoms with van der Waals surface area (Å²) in [4.78, 5) is 14.2. The van der Waals surface area contributed by atoms with Crippen molar-refractivity contribution in [2.75, 3.05) is 13.1 Å². The van der Waals surface area contributed by atoms with Crippen molar-refractivity contribution < 1.29 is 9.53 Å². The molecule has 4 heteroatoms. The smallest absolute Gasteiger partial charge is 0.242 e. The minimum atomic E-state index is -0.698. The summed E-state index contributed by atoms with van der Waals surface area (Å²) in [5.41, 5.74) is 5.43. The molecule has 1 aliphatic rings. The molecule has 1 amide bonds. The second-order valence-corrected chi connectivity index (χ2v) is 4.83. The Kier molecular flexibility index (Phi) is 4.33. The molecule has 1 heterocycles. The van der Waals surface area contributed by atoms with E-state index in [4.69, 9.17) is 10.5 Å². The Morgan fingerprint density at radius 1 is 1.31 bits per heavy atom. The number of rotatable bonds is 3. The SMILES string of the molecule is CCC(N)(CC)C(=O)N1C[C@@H](C)O[C@@H](C)C1. The molecule has 1 aliphatic heterocycles. The van der Waals surface area contributed by atoms with Crippen molar-refractivity contribution in [3.63, 3.8) is 0 Å². The van der Waals surface area contributed by atoms with E-state index < -0.39 is 5.54 Å². The van der Waals surface area contributed by atoms with Crippen LogP contribution in [0.5, 0.6) is 0 Å². The molecule has 0 unspecified atom stereocenters. The van der Waals surface area contributed by atoms with Crippen molar-refractivity contribution in [1.82, 2.24) is 4.90 Å². The highest BCUT2D eigenvalue weighted by atomic mass is 16.5. The van der Waals surface area contributed by atoms with E-state index in [1.54, 1.807) is 0 Å². The summed E-state index contributed by atoms with van der Waals surface area (Å²) in [6.45, 7) is 9.23. The molecule has 0 aromatic heterocycles. The predicted molar refractivity (Wildman–Crippen MR) is 64.1 cm³/mol. The highest BCUT2D eigenvalue weighted by molar-refractivity contribution is 5.86. The van der Waals surface area contributed by atoms with Crippen LogP contribution in [-0.4, -0.2) is 41.6 Å². The van der Waals surface area contributed by atoms with Crippen LogP contribution in [0.25, 0.3) is 0 Å². The summed E-state index contributed by atoms with van der Waals surface area (Å²) in [6, 6.07) is 0. The number of hydrogen-bond donors (Lipinski definition) is 1. The largest absolute Gasteiger partial charge is 0.372 e. The molecule has 0 bridgehead atoms. The van der Waals surface area contributed by atoms with E-state index in [1.165, 1.54) is 0 Å². The molecule has 1 saturated heterocycles. The lowest BCUT2D eigenvalue weighted by Gasteiger charge is -2.39. The molecule has 4 nitrogen and oxygen atoms in total. The normalized spacial score (nSPS) is 26.9. The van der Waals surface area contributed by atoms with Crippen molar-refractivity contribution in [2.24, 2.45) is 5.73 Å². The van der Waals surface area contributed by atoms with Crippen LogP contribution in [0.4, 0.5) is 0 Å². The van der Waals surface area contributed by atoms with Crippen LogP contribution >= 0.6 is 0 Å². The lowest BCUT2D eigenvalue weighted by Crippen LogP contribution is -2.59. The quantitative estimate of drug-likeness (QED) is 0.788. The average Bonchev–Trinajstić information content (AvgIpc) is 2.25. The number of ether oxygens (including phenoxy) is 1. The van der Waals surface area contributed by atoms with Crippen molar-refractivity contribution in [3.8, 4) is 0 Å². The van der Waals surface area contributed by atoms with Crippen molar-refractivity contribution in [2.45, 2.75) is 58.3 Å². The molecule has 0 saturated carbocycles. The topological polar surface area (TPSA) is 55.6 Å². The first-order chi connectivity index (χ1) is 7.42. The molecule has 0 aromatic carbocycles. The number of nitrogens with two attached hydrogens (primary N) is 1. The zero-order valence-corrected chi connectivity index (χ0v) is 10.8. The van der Waals surface area contributed by atoms with Gasteiger partial charge in [0.15, 0.2) is 0 Å². The van der Waals surface area contributed by atoms with Gasteiger partial charge in [-0.05, 0) is 26.7 Å². The van der Waals surface area contributed by atoms with Gasteiger partial charge < -0.3 is 15.4 Å². The molecule has 1 rings (SSSR count). The van der Waals surface area contributed by atoms with Crippen LogP contribution in [-0.2, 0) is 9.53 Å². The fourth-order valence-electron chi connectivity index (χ4n) is 2.21. The van der Waals surface area contributed by atoms with E-state index in [-0.39, 0.29) is 18.1 Å². The Hall–Kier alpha value is -0.610. The van der Waals surface area contributed by atoms with Crippen molar-refractivity contribution in [3.05, 3.63) is 0 Å². The lowest BCUT2D eigenvalue weighted by atomic mass is 9.92. The fraction of sp³-hybridized carbons (Fsp3) is 0.917. The Labute approximate surface area is 98.1 Å². The van der Waals surface area contributed by atoms with Gasteiger partial charge in [0.2, 0.25) is 5.91 Å². The van der Waals surface area contributed by atoms with Gasteiger partial charge in [0.05, 0.1) is 17.7 Å². The molecular weight excluding hydrogens is 204 g/mol. The van der Waals surface area contributed by atoms with Gasteiger partial charge in [-0.2, -0.15) is 0 Å². The van der Waals surface area contributed by atoms with Gasteiger partial charge in [0.1, 0.15) is 0 Å². The monoisotopic (exact) mass is 228 g/mol. The number of carbonyl (C=O) groups is 1. The third kappa shape index (κ3) is 2.74. The number of hydrogen-bond acceptors (Lipinski definition) is 3. The maximum atomic E-state index is 12.3. The number of morpholine rings is 1. The fourth-order valence-corrected chi connectivity index (χ4v) is 2.21. The Morgan fingerprint density at radius 3 is 2.12 bits per heavy atom. The summed E-state index contributed by atoms with van der Waals surface area (Å²) >= 11 is 0. The molecule has 2 atom stereocenters. The third-order valence-electron chi connectivity index (χ3n) is 3.39. The van der Waals surface area contributed by atoms with E-state index in [2.05, 4.69) is 0 Å². The minimum Gasteiger partial charge on any atom is -0.372 e. The van der Waals surface area contributed by atoms with Crippen LogP contribution in [0.1, 0.15) is 40.5 Å². The molecule has 0 radical (unpaired) electrons. The Morgan fingerprint density at radius 2 is 1.75 bits per heavy atom. The first kappa shape index (κ1) is 13.5. The van der Waals surface area contributed by atoms with Gasteiger partial charge in [0, 0.05) is 13.1 Å². The van der Waals surface area contributed by atoms with Gasteiger partial charge >= 0.3 is 0 Å². The summed E-state index contributed by atoms with van der Waals surface area (Å²) in [5.74, 6) is 0.0690. The van der Waals surface area contributed by atoms with E-state index >= 15 is 0 Å². The highest BCUT2D eigenvalue weighted by Crippen LogP contribution is 2.19. The standard InChI is InChI=1S/C12H24N2O2/c1-5-12(13,6-2)11(15)14-7-9(3)16-10(4)8-14/h9-10H,5-8,13H2,1-4H3/t9-,10+. The van der Waals surface area contributed by atoms with E-state index in [0.717, 1.165) is 0 Å². The van der Waals surface area contributed by atoms with Crippen molar-refractivity contribution >= 4 is 5.91 Å². The average molecular weight is 228 g/mol. The molecule has 2 N–H and O–H groups in total. The van der Waals surface area contributed by atoms with Gasteiger partial charge in [0.25, 0.3) is 0 Å². The summed E-state index contributed by atoms with van der Waals surface area (Å²) < 4.78 is 5.61. The maximum absolute atomic E-state index is 12.3. The van der Waals surface area contributed by atoms with Gasteiger partial charge in [-0.1, -0.05) is 13.8 Å². The zero-order chi connectivity index (χ0) is 12.3. The van der Waals surface area contributed by atoms with Crippen LogP contribution in [0.15, 0.2) is 0 Å². The molecule has 16 heavy (non-hydrogen) atoms. The number of carbonyl (C=O) groups excluding carboxylic acids is 1. The molecular formula is C12H24N2O2. The van der Waals surface area contributed by atoms with Crippen LogP contribution < -0.4 is 5.73 Å². The second kappa shape index (κ2) is 5.15. The van der Waals surface area contributed by atoms with E-state index in [0.29, 0.717) is 25.9 Å². The Balaban J connectivity index is 2.73. The second-order valence-electron chi connectivity index (χ2n) is 4.83. The molecule has 94 valence electrons. The summed E-state index contributed by atoms with van der Waals surface area (Å²) in [6.07, 6.45) is 1.57. The van der Waals surface area contributed by atoms with Crippen LogP contribution in [0, 0.1) is 0 Å². The summed E-state index contributed by atoms with van der Waals surface area (Å²) in [7, 11) is 0. The summed E-state index contributed by atoms with van der Waals surface area (Å²) in [5, 5.41) is 0. The van der Waals surface area contributed by atoms with Crippen molar-refractivity contribution in [1.29, 1.82) is 0 Å². The Bertz CT molecular complexity index is 241. The van der Waals surface area contributed by atoms with E-state index in [1.807, 2.05) is 32.6 Å². The van der Waals surface area contributed by atoms with Crippen LogP contribution in [0.3, 0.4) is 0 Å². The van der Waals surface area contributed by atoms with Gasteiger partial charge in [-0.15, -0.1) is 0 Å². The molecule has 1 fully saturated rings. The van der Waals surface area contributed by atoms with Gasteiger partial charge in [-0.25, -0.2) is 0 Å². The highest BCUT2D eigenvalue weighted by Gasteiger charge is 2.36. The first-order valence-corrected chi connectivity index (χ1v) is 6.16. The molecule has 0 aliphatic carbocycles. The van der Waals surface area contributed by atoms with Gasteiger partial charge in [-0.3, -0.25) is 4.79 Å². The minimum absolute atomic E-state index is 0.0690. The predicted octanol–water partition coefficient (Wildman–Crippen LogP) is 1.14. The first-order valence-electron chi connectivity index (χ1n) is 6.16. The molecule has 0 spiro atoms. The number of nitrogens with zero attached hydrogens (tertiary/aromatic N) is 1. The maximum Gasteiger partial charge on any atom is 0.242 e. The van der Waals surface area contributed by atoms with E-state index in [9.17, 15) is 4.79 Å². The lowest BCUT2D eigenvalue weighted by molar-refractivity contribution is -0.149. The zero-order valence-electron chi connectivity index (χ0n) is 10.8.